The van der Waals surface area contributed by atoms with Crippen molar-refractivity contribution in [3.05, 3.63) is 108 Å². The number of carboxylic acids is 1. The summed E-state index contributed by atoms with van der Waals surface area (Å²) in [5, 5.41) is 12.1. The topological polar surface area (TPSA) is 79.3 Å². The summed E-state index contributed by atoms with van der Waals surface area (Å²) in [5.74, 6) is -1.27. The summed E-state index contributed by atoms with van der Waals surface area (Å²) in [7, 11) is 1.82. The first-order chi connectivity index (χ1) is 19.7. The molecule has 0 aliphatic carbocycles. The highest BCUT2D eigenvalue weighted by atomic mass is 19.1. The number of carbonyl (C=O) groups excluding carboxylic acids is 1. The number of ether oxygens (including phenoxy) is 2. The number of carbonyl (C=O) groups is 2. The molecular formula is C33H33FN2O5. The number of urea groups is 1. The van der Waals surface area contributed by atoms with E-state index < -0.39 is 17.4 Å². The summed E-state index contributed by atoms with van der Waals surface area (Å²) in [6.07, 6.45) is 0.713. The number of rotatable bonds is 11. The number of benzene rings is 4. The van der Waals surface area contributed by atoms with E-state index in [1.807, 2.05) is 24.1 Å². The largest absolute Gasteiger partial charge is 0.494 e. The van der Waals surface area contributed by atoms with Gasteiger partial charge in [-0.25, -0.2) is 14.0 Å². The minimum atomic E-state index is -1.65. The Bertz CT molecular complexity index is 1540. The predicted molar refractivity (Wildman–Crippen MR) is 155 cm³/mol. The Labute approximate surface area is 238 Å². The van der Waals surface area contributed by atoms with Gasteiger partial charge < -0.3 is 24.4 Å². The third-order valence-electron chi connectivity index (χ3n) is 7.55. The molecule has 0 radical (unpaired) electrons. The van der Waals surface area contributed by atoms with Crippen LogP contribution in [0.2, 0.25) is 0 Å². The molecular weight excluding hydrogens is 523 g/mol. The number of hydrogen-bond donors (Lipinski definition) is 1. The summed E-state index contributed by atoms with van der Waals surface area (Å²) in [4.78, 5) is 28.5. The van der Waals surface area contributed by atoms with Crippen molar-refractivity contribution >= 4 is 22.8 Å². The standard InChI is InChI=1S/C33H33FN2O5/c1-33(31(37)38,41-30-10-6-5-9-29(30)34)20-23-12-15-28(16-13-23)40-18-17-27-22-36(32(39)35(27)2)21-24-11-14-25-7-3-4-8-26(25)19-24/h3-16,19,27H,17-18,20-22H2,1-2H3,(H,37,38). The van der Waals surface area contributed by atoms with Gasteiger partial charge in [0.1, 0.15) is 5.75 Å². The van der Waals surface area contributed by atoms with Crippen molar-refractivity contribution in [1.82, 2.24) is 9.80 Å². The van der Waals surface area contributed by atoms with Crippen LogP contribution in [-0.2, 0) is 17.8 Å². The molecule has 1 heterocycles. The van der Waals surface area contributed by atoms with Crippen LogP contribution in [0.1, 0.15) is 24.5 Å². The molecule has 0 bridgehead atoms. The van der Waals surface area contributed by atoms with Crippen LogP contribution in [0.15, 0.2) is 91.0 Å². The molecule has 0 aromatic heterocycles. The second-order valence-corrected chi connectivity index (χ2v) is 10.6. The molecule has 5 rings (SSSR count). The van der Waals surface area contributed by atoms with Crippen molar-refractivity contribution in [2.45, 2.75) is 38.0 Å². The van der Waals surface area contributed by atoms with E-state index in [0.717, 1.165) is 10.9 Å². The second kappa shape index (κ2) is 11.9. The van der Waals surface area contributed by atoms with Crippen LogP contribution in [-0.4, -0.2) is 58.7 Å². The van der Waals surface area contributed by atoms with E-state index >= 15 is 0 Å². The van der Waals surface area contributed by atoms with E-state index in [-0.39, 0.29) is 24.2 Å². The number of para-hydroxylation sites is 1. The highest BCUT2D eigenvalue weighted by molar-refractivity contribution is 5.83. The molecule has 1 aliphatic rings. The number of carboxylic acid groups (broad SMARTS) is 1. The van der Waals surface area contributed by atoms with Crippen molar-refractivity contribution < 1.29 is 28.6 Å². The number of likely N-dealkylation sites (N-methyl/N-ethyl adjacent to an activating group) is 1. The molecule has 2 atom stereocenters. The average molecular weight is 557 g/mol. The normalized spacial score (nSPS) is 16.6. The van der Waals surface area contributed by atoms with Crippen LogP contribution in [0, 0.1) is 5.82 Å². The average Bonchev–Trinajstić information content (AvgIpc) is 3.23. The molecule has 41 heavy (non-hydrogen) atoms. The lowest BCUT2D eigenvalue weighted by Gasteiger charge is -2.26. The lowest BCUT2D eigenvalue weighted by molar-refractivity contribution is -0.153. The number of nitrogens with zero attached hydrogens (tertiary/aromatic N) is 2. The van der Waals surface area contributed by atoms with Gasteiger partial charge in [0.2, 0.25) is 5.60 Å². The Kier molecular flexibility index (Phi) is 8.10. The zero-order chi connectivity index (χ0) is 29.0. The van der Waals surface area contributed by atoms with Gasteiger partial charge in [0.15, 0.2) is 11.6 Å². The van der Waals surface area contributed by atoms with Gasteiger partial charge in [0, 0.05) is 33.0 Å². The molecule has 7 nitrogen and oxygen atoms in total. The molecule has 4 aromatic rings. The summed E-state index contributed by atoms with van der Waals surface area (Å²) < 4.78 is 25.6. The van der Waals surface area contributed by atoms with E-state index in [1.165, 1.54) is 30.5 Å². The van der Waals surface area contributed by atoms with E-state index in [2.05, 4.69) is 30.3 Å². The summed E-state index contributed by atoms with van der Waals surface area (Å²) in [6, 6.07) is 27.4. The van der Waals surface area contributed by atoms with Crippen molar-refractivity contribution in [3.8, 4) is 11.5 Å². The molecule has 4 aromatic carbocycles. The van der Waals surface area contributed by atoms with Crippen molar-refractivity contribution in [2.75, 3.05) is 20.2 Å². The maximum Gasteiger partial charge on any atom is 0.348 e. The van der Waals surface area contributed by atoms with Gasteiger partial charge in [-0.2, -0.15) is 0 Å². The quantitative estimate of drug-likeness (QED) is 0.240. The summed E-state index contributed by atoms with van der Waals surface area (Å²) >= 11 is 0. The maximum absolute atomic E-state index is 14.1. The highest BCUT2D eigenvalue weighted by Crippen LogP contribution is 2.27. The molecule has 2 amide bonds. The molecule has 0 saturated carbocycles. The molecule has 2 unspecified atom stereocenters. The van der Waals surface area contributed by atoms with E-state index in [9.17, 15) is 19.1 Å². The predicted octanol–water partition coefficient (Wildman–Crippen LogP) is 6.15. The lowest BCUT2D eigenvalue weighted by Crippen LogP contribution is -2.43. The molecule has 1 saturated heterocycles. The van der Waals surface area contributed by atoms with Crippen LogP contribution in [0.3, 0.4) is 0 Å². The monoisotopic (exact) mass is 556 g/mol. The lowest BCUT2D eigenvalue weighted by atomic mass is 9.96. The minimum Gasteiger partial charge on any atom is -0.494 e. The van der Waals surface area contributed by atoms with Crippen LogP contribution in [0.25, 0.3) is 10.8 Å². The first-order valence-corrected chi connectivity index (χ1v) is 13.6. The van der Waals surface area contributed by atoms with Crippen LogP contribution in [0.4, 0.5) is 9.18 Å². The van der Waals surface area contributed by atoms with Crippen molar-refractivity contribution in [1.29, 1.82) is 0 Å². The molecule has 212 valence electrons. The van der Waals surface area contributed by atoms with Crippen molar-refractivity contribution in [2.24, 2.45) is 0 Å². The molecule has 0 spiro atoms. The number of aliphatic carboxylic acids is 1. The zero-order valence-corrected chi connectivity index (χ0v) is 23.1. The van der Waals surface area contributed by atoms with E-state index in [4.69, 9.17) is 9.47 Å². The van der Waals surface area contributed by atoms with Crippen molar-refractivity contribution in [3.63, 3.8) is 0 Å². The summed E-state index contributed by atoms with van der Waals surface area (Å²) in [5.41, 5.74) is 0.160. The molecule has 1 aliphatic heterocycles. The number of hydrogen-bond acceptors (Lipinski definition) is 4. The van der Waals surface area contributed by atoms with Gasteiger partial charge in [-0.1, -0.05) is 60.7 Å². The molecule has 1 N–H and O–H groups in total. The SMILES string of the molecule is CN1C(=O)N(Cc2ccc3ccccc3c2)CC1CCOc1ccc(CC(C)(Oc2ccccc2F)C(=O)O)cc1. The van der Waals surface area contributed by atoms with Gasteiger partial charge >= 0.3 is 12.0 Å². The van der Waals surface area contributed by atoms with Crippen LogP contribution >= 0.6 is 0 Å². The molecule has 8 heteroatoms. The van der Waals surface area contributed by atoms with Gasteiger partial charge in [-0.15, -0.1) is 0 Å². The fourth-order valence-corrected chi connectivity index (χ4v) is 5.14. The Morgan fingerprint density at radius 3 is 2.39 bits per heavy atom. The smallest absolute Gasteiger partial charge is 0.348 e. The summed E-state index contributed by atoms with van der Waals surface area (Å²) in [6.45, 7) is 3.03. The van der Waals surface area contributed by atoms with E-state index in [0.29, 0.717) is 37.4 Å². The fourth-order valence-electron chi connectivity index (χ4n) is 5.14. The fraction of sp³-hybridized carbons (Fsp3) is 0.273. The Morgan fingerprint density at radius 2 is 1.66 bits per heavy atom. The number of amides is 2. The first-order valence-electron chi connectivity index (χ1n) is 13.6. The number of halogens is 1. The van der Waals surface area contributed by atoms with Crippen LogP contribution in [0.5, 0.6) is 11.5 Å². The zero-order valence-electron chi connectivity index (χ0n) is 23.1. The van der Waals surface area contributed by atoms with Gasteiger partial charge in [0.25, 0.3) is 0 Å². The minimum absolute atomic E-state index is 0.00611. The molecule has 1 fully saturated rings. The highest BCUT2D eigenvalue weighted by Gasteiger charge is 2.37. The third-order valence-corrected chi connectivity index (χ3v) is 7.55. The Hall–Kier alpha value is -4.59. The first kappa shape index (κ1) is 28.0. The van der Waals surface area contributed by atoms with Gasteiger partial charge in [-0.05, 0) is 59.2 Å². The third kappa shape index (κ3) is 6.43. The van der Waals surface area contributed by atoms with Crippen LogP contribution < -0.4 is 9.47 Å². The second-order valence-electron chi connectivity index (χ2n) is 10.6. The number of fused-ring (bicyclic) bond motifs is 1. The maximum atomic E-state index is 14.1. The Balaban J connectivity index is 1.13. The Morgan fingerprint density at radius 1 is 0.976 bits per heavy atom. The van der Waals surface area contributed by atoms with E-state index in [1.54, 1.807) is 35.2 Å². The van der Waals surface area contributed by atoms with Gasteiger partial charge in [-0.3, -0.25) is 0 Å². The van der Waals surface area contributed by atoms with Gasteiger partial charge in [0.05, 0.1) is 12.6 Å².